The molecule has 2 atom stereocenters. The van der Waals surface area contributed by atoms with Crippen molar-refractivity contribution in [3.8, 4) is 0 Å². The Bertz CT molecular complexity index is 246. The number of hydrogen-bond donors (Lipinski definition) is 1. The number of carbonyl (C=O) groups is 1. The molecule has 5 heteroatoms. The Balaban J connectivity index is 2.31. The highest BCUT2D eigenvalue weighted by atomic mass is 16.5. The van der Waals surface area contributed by atoms with E-state index in [2.05, 4.69) is 10.2 Å². The summed E-state index contributed by atoms with van der Waals surface area (Å²) in [6.45, 7) is 3.97. The predicted octanol–water partition coefficient (Wildman–Crippen LogP) is 0.496. The smallest absolute Gasteiger partial charge is 0.322 e. The van der Waals surface area contributed by atoms with Gasteiger partial charge in [0.25, 0.3) is 0 Å². The van der Waals surface area contributed by atoms with E-state index in [1.165, 1.54) is 20.0 Å². The number of esters is 1. The Morgan fingerprint density at radius 3 is 2.89 bits per heavy atom. The van der Waals surface area contributed by atoms with Crippen molar-refractivity contribution in [1.82, 2.24) is 10.2 Å². The molecule has 1 fully saturated rings. The number of piperidine rings is 1. The summed E-state index contributed by atoms with van der Waals surface area (Å²) >= 11 is 0. The lowest BCUT2D eigenvalue weighted by Crippen LogP contribution is -2.42. The second-order valence-electron chi connectivity index (χ2n) is 4.92. The molecule has 0 spiro atoms. The molecule has 0 aromatic heterocycles. The molecule has 2 unspecified atom stereocenters. The van der Waals surface area contributed by atoms with Crippen LogP contribution in [0.2, 0.25) is 0 Å². The highest BCUT2D eigenvalue weighted by molar-refractivity contribution is 5.75. The number of nitrogens with zero attached hydrogens (tertiary/aromatic N) is 1. The van der Waals surface area contributed by atoms with Crippen molar-refractivity contribution < 1.29 is 14.3 Å². The van der Waals surface area contributed by atoms with Gasteiger partial charge >= 0.3 is 5.97 Å². The molecule has 0 radical (unpaired) electrons. The van der Waals surface area contributed by atoms with Crippen LogP contribution < -0.4 is 5.32 Å². The van der Waals surface area contributed by atoms with Crippen LogP contribution in [0.5, 0.6) is 0 Å². The molecule has 106 valence electrons. The maximum absolute atomic E-state index is 11.5. The number of ether oxygens (including phenoxy) is 2. The van der Waals surface area contributed by atoms with Gasteiger partial charge in [-0.1, -0.05) is 0 Å². The van der Waals surface area contributed by atoms with E-state index in [1.54, 1.807) is 14.2 Å². The van der Waals surface area contributed by atoms with E-state index in [4.69, 9.17) is 9.47 Å². The molecule has 1 rings (SSSR count). The minimum atomic E-state index is -0.196. The van der Waals surface area contributed by atoms with Gasteiger partial charge in [0.15, 0.2) is 0 Å². The first kappa shape index (κ1) is 15.4. The summed E-state index contributed by atoms with van der Waals surface area (Å²) in [6, 6.07) is -0.196. The van der Waals surface area contributed by atoms with Gasteiger partial charge in [-0.15, -0.1) is 0 Å². The van der Waals surface area contributed by atoms with Gasteiger partial charge in [0, 0.05) is 20.2 Å². The number of carbonyl (C=O) groups excluding carboxylic acids is 1. The van der Waals surface area contributed by atoms with Crippen LogP contribution in [-0.2, 0) is 14.3 Å². The number of hydrogen-bond acceptors (Lipinski definition) is 5. The number of nitrogens with one attached hydrogen (secondary N) is 1. The summed E-state index contributed by atoms with van der Waals surface area (Å²) in [6.07, 6.45) is 3.26. The number of rotatable bonds is 7. The Hall–Kier alpha value is -0.650. The molecular weight excluding hydrogens is 232 g/mol. The van der Waals surface area contributed by atoms with Gasteiger partial charge in [0.2, 0.25) is 0 Å². The molecule has 1 saturated heterocycles. The van der Waals surface area contributed by atoms with Crippen molar-refractivity contribution in [3.63, 3.8) is 0 Å². The average Bonchev–Trinajstić information content (AvgIpc) is 2.40. The molecule has 0 aromatic carbocycles. The Morgan fingerprint density at radius 1 is 1.50 bits per heavy atom. The minimum Gasteiger partial charge on any atom is -0.468 e. The molecule has 0 bridgehead atoms. The normalized spacial score (nSPS) is 22.7. The van der Waals surface area contributed by atoms with Gasteiger partial charge < -0.3 is 19.7 Å². The van der Waals surface area contributed by atoms with Crippen LogP contribution in [0.25, 0.3) is 0 Å². The fraction of sp³-hybridized carbons (Fsp3) is 0.923. The van der Waals surface area contributed by atoms with Gasteiger partial charge in [-0.05, 0) is 38.8 Å². The third-order valence-electron chi connectivity index (χ3n) is 3.57. The Morgan fingerprint density at radius 2 is 2.28 bits per heavy atom. The average molecular weight is 258 g/mol. The monoisotopic (exact) mass is 258 g/mol. The van der Waals surface area contributed by atoms with E-state index < -0.39 is 0 Å². The van der Waals surface area contributed by atoms with E-state index in [9.17, 15) is 4.79 Å². The summed E-state index contributed by atoms with van der Waals surface area (Å²) < 4.78 is 9.98. The van der Waals surface area contributed by atoms with Gasteiger partial charge in [-0.25, -0.2) is 0 Å². The van der Waals surface area contributed by atoms with Crippen molar-refractivity contribution in [1.29, 1.82) is 0 Å². The molecule has 0 amide bonds. The molecule has 1 aliphatic heterocycles. The van der Waals surface area contributed by atoms with E-state index in [0.29, 0.717) is 5.92 Å². The molecule has 18 heavy (non-hydrogen) atoms. The second kappa shape index (κ2) is 8.45. The second-order valence-corrected chi connectivity index (χ2v) is 4.92. The summed E-state index contributed by atoms with van der Waals surface area (Å²) in [5.41, 5.74) is 0. The molecule has 0 aliphatic carbocycles. The van der Waals surface area contributed by atoms with Crippen LogP contribution in [0, 0.1) is 5.92 Å². The van der Waals surface area contributed by atoms with Crippen LogP contribution >= 0.6 is 0 Å². The lowest BCUT2D eigenvalue weighted by atomic mass is 9.98. The molecule has 5 nitrogen and oxygen atoms in total. The molecule has 0 aromatic rings. The predicted molar refractivity (Wildman–Crippen MR) is 70.5 cm³/mol. The zero-order chi connectivity index (χ0) is 13.4. The van der Waals surface area contributed by atoms with Gasteiger partial charge in [0.05, 0.1) is 13.7 Å². The van der Waals surface area contributed by atoms with Crippen LogP contribution in [0.15, 0.2) is 0 Å². The largest absolute Gasteiger partial charge is 0.468 e. The first-order chi connectivity index (χ1) is 8.71. The maximum Gasteiger partial charge on any atom is 0.322 e. The SMILES string of the molecule is CNC(CCN1CCCC(COC)C1)C(=O)OC. The van der Waals surface area contributed by atoms with Crippen LogP contribution in [-0.4, -0.2) is 64.4 Å². The topological polar surface area (TPSA) is 50.8 Å². The number of methoxy groups -OCH3 is 2. The summed E-state index contributed by atoms with van der Waals surface area (Å²) in [4.78, 5) is 13.9. The summed E-state index contributed by atoms with van der Waals surface area (Å²) in [5, 5.41) is 3.00. The van der Waals surface area contributed by atoms with Crippen LogP contribution in [0.4, 0.5) is 0 Å². The van der Waals surface area contributed by atoms with Crippen molar-refractivity contribution in [2.75, 3.05) is 47.5 Å². The Labute approximate surface area is 110 Å². The van der Waals surface area contributed by atoms with Crippen molar-refractivity contribution in [2.24, 2.45) is 5.92 Å². The first-order valence-corrected chi connectivity index (χ1v) is 6.67. The summed E-state index contributed by atoms with van der Waals surface area (Å²) in [7, 11) is 4.99. The number of likely N-dealkylation sites (N-methyl/N-ethyl adjacent to an activating group) is 1. The fourth-order valence-electron chi connectivity index (χ4n) is 2.56. The fourth-order valence-corrected chi connectivity index (χ4v) is 2.56. The summed E-state index contributed by atoms with van der Waals surface area (Å²) in [5.74, 6) is 0.456. The van der Waals surface area contributed by atoms with Gasteiger partial charge in [0.1, 0.15) is 6.04 Å². The van der Waals surface area contributed by atoms with Crippen molar-refractivity contribution >= 4 is 5.97 Å². The molecular formula is C13H26N2O3. The van der Waals surface area contributed by atoms with Crippen molar-refractivity contribution in [3.05, 3.63) is 0 Å². The lowest BCUT2D eigenvalue weighted by Gasteiger charge is -2.33. The Kier molecular flexibility index (Phi) is 7.23. The van der Waals surface area contributed by atoms with E-state index in [1.807, 2.05) is 0 Å². The third-order valence-corrected chi connectivity index (χ3v) is 3.57. The standard InChI is InChI=1S/C13H26N2O3/c1-14-12(13(16)18-3)6-8-15-7-4-5-11(9-15)10-17-2/h11-12,14H,4-10H2,1-3H3. The van der Waals surface area contributed by atoms with E-state index in [-0.39, 0.29) is 12.0 Å². The molecule has 1 heterocycles. The zero-order valence-electron chi connectivity index (χ0n) is 11.8. The van der Waals surface area contributed by atoms with E-state index in [0.717, 1.165) is 32.7 Å². The third kappa shape index (κ3) is 4.92. The van der Waals surface area contributed by atoms with Crippen molar-refractivity contribution in [2.45, 2.75) is 25.3 Å². The molecule has 1 aliphatic rings. The highest BCUT2D eigenvalue weighted by Crippen LogP contribution is 2.17. The molecule has 1 N–H and O–H groups in total. The minimum absolute atomic E-state index is 0.178. The molecule has 0 saturated carbocycles. The van der Waals surface area contributed by atoms with Gasteiger partial charge in [-0.2, -0.15) is 0 Å². The first-order valence-electron chi connectivity index (χ1n) is 6.67. The van der Waals surface area contributed by atoms with Crippen LogP contribution in [0.3, 0.4) is 0 Å². The highest BCUT2D eigenvalue weighted by Gasteiger charge is 2.22. The quantitative estimate of drug-likeness (QED) is 0.674. The lowest BCUT2D eigenvalue weighted by molar-refractivity contribution is -0.143. The number of likely N-dealkylation sites (tertiary alicyclic amines) is 1. The van der Waals surface area contributed by atoms with Gasteiger partial charge in [-0.3, -0.25) is 4.79 Å². The zero-order valence-corrected chi connectivity index (χ0v) is 11.8. The maximum atomic E-state index is 11.5. The van der Waals surface area contributed by atoms with E-state index >= 15 is 0 Å². The van der Waals surface area contributed by atoms with Crippen LogP contribution in [0.1, 0.15) is 19.3 Å².